The van der Waals surface area contributed by atoms with Crippen LogP contribution in [0.15, 0.2) is 23.1 Å². The maximum Gasteiger partial charge on any atom is 0.241 e. The Balaban J connectivity index is 2.89. The summed E-state index contributed by atoms with van der Waals surface area (Å²) in [5.74, 6) is 0. The summed E-state index contributed by atoms with van der Waals surface area (Å²) in [7, 11) is 5.42. The van der Waals surface area contributed by atoms with Crippen LogP contribution in [0.25, 0.3) is 10.9 Å². The monoisotopic (exact) mass is 190 g/mol. The van der Waals surface area contributed by atoms with Crippen LogP contribution in [0, 0.1) is 0 Å². The zero-order valence-corrected chi connectivity index (χ0v) is 7.30. The third-order valence-electron chi connectivity index (χ3n) is 1.72. The number of hydrogen-bond donors (Lipinski definition) is 1. The average Bonchev–Trinajstić information content (AvgIpc) is 2.08. The molecule has 0 saturated carbocycles. The number of hydrogen-bond acceptors (Lipinski definition) is 2. The maximum absolute atomic E-state index is 11.1. The Kier molecular flexibility index (Phi) is 1.85. The Morgan fingerprint density at radius 3 is 3.00 bits per heavy atom. The third-order valence-corrected chi connectivity index (χ3v) is 1.93. The van der Waals surface area contributed by atoms with Gasteiger partial charge in [-0.2, -0.15) is 0 Å². The SMILES string of the molecule is [B]c1cc2cnc(Cl)cc2[nH]c1=O. The van der Waals surface area contributed by atoms with Crippen LogP contribution in [0.3, 0.4) is 0 Å². The van der Waals surface area contributed by atoms with Crippen LogP contribution in [0.4, 0.5) is 0 Å². The van der Waals surface area contributed by atoms with Gasteiger partial charge in [0, 0.05) is 11.6 Å². The second kappa shape index (κ2) is 2.89. The highest BCUT2D eigenvalue weighted by Crippen LogP contribution is 2.11. The van der Waals surface area contributed by atoms with Crippen molar-refractivity contribution in [2.75, 3.05) is 0 Å². The highest BCUT2D eigenvalue weighted by molar-refractivity contribution is 6.33. The summed E-state index contributed by atoms with van der Waals surface area (Å²) in [5.41, 5.74) is 0.505. The molecule has 2 heterocycles. The zero-order valence-electron chi connectivity index (χ0n) is 6.54. The van der Waals surface area contributed by atoms with E-state index in [9.17, 15) is 4.79 Å². The summed E-state index contributed by atoms with van der Waals surface area (Å²) >= 11 is 5.65. The fraction of sp³-hybridized carbons (Fsp3) is 0. The van der Waals surface area contributed by atoms with Gasteiger partial charge in [0.05, 0.1) is 5.52 Å². The summed E-state index contributed by atoms with van der Waals surface area (Å²) in [6.07, 6.45) is 1.56. The Morgan fingerprint density at radius 1 is 1.46 bits per heavy atom. The molecule has 0 aliphatic rings. The van der Waals surface area contributed by atoms with Crippen molar-refractivity contribution in [3.05, 3.63) is 33.8 Å². The molecule has 1 N–H and O–H groups in total. The van der Waals surface area contributed by atoms with Gasteiger partial charge in [-0.25, -0.2) is 4.98 Å². The van der Waals surface area contributed by atoms with Crippen molar-refractivity contribution in [2.45, 2.75) is 0 Å². The largest absolute Gasteiger partial charge is 0.322 e. The molecule has 3 nitrogen and oxygen atoms in total. The smallest absolute Gasteiger partial charge is 0.241 e. The first kappa shape index (κ1) is 8.32. The number of fused-ring (bicyclic) bond motifs is 1. The van der Waals surface area contributed by atoms with Crippen LogP contribution in [-0.4, -0.2) is 17.8 Å². The maximum atomic E-state index is 11.1. The number of halogens is 1. The van der Waals surface area contributed by atoms with E-state index in [-0.39, 0.29) is 11.0 Å². The molecule has 2 aromatic rings. The average molecular weight is 190 g/mol. The van der Waals surface area contributed by atoms with Crippen LogP contribution in [0.1, 0.15) is 0 Å². The molecular weight excluding hydrogens is 186 g/mol. The molecule has 0 bridgehead atoms. The Labute approximate surface area is 80.2 Å². The molecule has 5 heteroatoms. The molecular formula is C8H4BClN2O. The lowest BCUT2D eigenvalue weighted by Crippen LogP contribution is -2.26. The molecule has 0 aromatic carbocycles. The predicted molar refractivity (Wildman–Crippen MR) is 52.8 cm³/mol. The lowest BCUT2D eigenvalue weighted by atomic mass is 9.97. The molecule has 0 spiro atoms. The van der Waals surface area contributed by atoms with Crippen molar-refractivity contribution in [1.82, 2.24) is 9.97 Å². The van der Waals surface area contributed by atoms with E-state index >= 15 is 0 Å². The van der Waals surface area contributed by atoms with Gasteiger partial charge < -0.3 is 4.98 Å². The Hall–Kier alpha value is -1.29. The summed E-state index contributed by atoms with van der Waals surface area (Å²) < 4.78 is 0. The lowest BCUT2D eigenvalue weighted by Gasteiger charge is -1.98. The second-order valence-electron chi connectivity index (χ2n) is 2.65. The minimum Gasteiger partial charge on any atom is -0.322 e. The first-order chi connectivity index (χ1) is 6.16. The predicted octanol–water partition coefficient (Wildman–Crippen LogP) is 0.370. The standard InChI is InChI=1S/C8H4BClN2O/c9-5-1-4-3-11-7(10)2-6(4)12-8(5)13/h1-3H,(H,12,13). The summed E-state index contributed by atoms with van der Waals surface area (Å²) in [6.45, 7) is 0. The van der Waals surface area contributed by atoms with Gasteiger partial charge in [0.1, 0.15) is 13.0 Å². The minimum absolute atomic E-state index is 0.177. The van der Waals surface area contributed by atoms with E-state index in [0.29, 0.717) is 10.7 Å². The molecule has 62 valence electrons. The van der Waals surface area contributed by atoms with Crippen molar-refractivity contribution in [1.29, 1.82) is 0 Å². The highest BCUT2D eigenvalue weighted by atomic mass is 35.5. The van der Waals surface area contributed by atoms with E-state index in [1.165, 1.54) is 0 Å². The van der Waals surface area contributed by atoms with Gasteiger partial charge in [-0.05, 0) is 11.5 Å². The minimum atomic E-state index is -0.310. The summed E-state index contributed by atoms with van der Waals surface area (Å²) in [4.78, 5) is 17.6. The van der Waals surface area contributed by atoms with E-state index in [4.69, 9.17) is 19.4 Å². The van der Waals surface area contributed by atoms with Crippen LogP contribution in [0.5, 0.6) is 0 Å². The molecule has 0 unspecified atom stereocenters. The van der Waals surface area contributed by atoms with Gasteiger partial charge in [-0.3, -0.25) is 4.79 Å². The van der Waals surface area contributed by atoms with Crippen LogP contribution >= 0.6 is 11.6 Å². The van der Waals surface area contributed by atoms with Crippen molar-refractivity contribution in [2.24, 2.45) is 0 Å². The second-order valence-corrected chi connectivity index (χ2v) is 3.04. The summed E-state index contributed by atoms with van der Waals surface area (Å²) in [6, 6.07) is 3.15. The van der Waals surface area contributed by atoms with Crippen LogP contribution < -0.4 is 11.0 Å². The molecule has 0 aliphatic carbocycles. The van der Waals surface area contributed by atoms with E-state index in [1.54, 1.807) is 18.3 Å². The molecule has 2 radical (unpaired) electrons. The molecule has 0 fully saturated rings. The number of H-pyrrole nitrogens is 1. The number of pyridine rings is 2. The topological polar surface area (TPSA) is 45.8 Å². The van der Waals surface area contributed by atoms with Gasteiger partial charge in [-0.1, -0.05) is 17.7 Å². The number of aromatic amines is 1. The summed E-state index contributed by atoms with van der Waals surface area (Å²) in [5, 5.41) is 1.11. The lowest BCUT2D eigenvalue weighted by molar-refractivity contribution is 1.29. The van der Waals surface area contributed by atoms with Gasteiger partial charge in [0.15, 0.2) is 0 Å². The molecule has 2 aromatic heterocycles. The first-order valence-electron chi connectivity index (χ1n) is 3.61. The van der Waals surface area contributed by atoms with Crippen molar-refractivity contribution in [3.63, 3.8) is 0 Å². The number of aromatic nitrogens is 2. The van der Waals surface area contributed by atoms with Gasteiger partial charge in [0.2, 0.25) is 5.56 Å². The Morgan fingerprint density at radius 2 is 2.23 bits per heavy atom. The molecule has 0 atom stereocenters. The number of nitrogens with one attached hydrogen (secondary N) is 1. The van der Waals surface area contributed by atoms with Gasteiger partial charge in [0.25, 0.3) is 0 Å². The quantitative estimate of drug-likeness (QED) is 0.482. The molecule has 0 saturated heterocycles. The van der Waals surface area contributed by atoms with Crippen molar-refractivity contribution < 1.29 is 0 Å². The molecule has 13 heavy (non-hydrogen) atoms. The van der Waals surface area contributed by atoms with Crippen molar-refractivity contribution >= 4 is 35.8 Å². The number of rotatable bonds is 0. The van der Waals surface area contributed by atoms with Gasteiger partial charge in [-0.15, -0.1) is 0 Å². The van der Waals surface area contributed by atoms with Crippen LogP contribution in [-0.2, 0) is 0 Å². The van der Waals surface area contributed by atoms with Crippen LogP contribution in [0.2, 0.25) is 5.15 Å². The van der Waals surface area contributed by atoms with E-state index in [2.05, 4.69) is 9.97 Å². The number of nitrogens with zero attached hydrogens (tertiary/aromatic N) is 1. The van der Waals surface area contributed by atoms with Crippen molar-refractivity contribution in [3.8, 4) is 0 Å². The van der Waals surface area contributed by atoms with E-state index in [0.717, 1.165) is 5.39 Å². The molecule has 2 rings (SSSR count). The fourth-order valence-corrected chi connectivity index (χ4v) is 1.25. The van der Waals surface area contributed by atoms with Gasteiger partial charge >= 0.3 is 0 Å². The Bertz CT molecular complexity index is 523. The first-order valence-corrected chi connectivity index (χ1v) is 3.98. The fourth-order valence-electron chi connectivity index (χ4n) is 1.09. The van der Waals surface area contributed by atoms with E-state index in [1.807, 2.05) is 0 Å². The molecule has 0 aliphatic heterocycles. The third kappa shape index (κ3) is 1.45. The zero-order chi connectivity index (χ0) is 9.42. The highest BCUT2D eigenvalue weighted by Gasteiger charge is 1.98. The molecule has 0 amide bonds. The normalized spacial score (nSPS) is 10.5. The van der Waals surface area contributed by atoms with E-state index < -0.39 is 0 Å².